The lowest BCUT2D eigenvalue weighted by Gasteiger charge is -2.24. The normalized spacial score (nSPS) is 16.7. The molecule has 1 atom stereocenters. The lowest BCUT2D eigenvalue weighted by Crippen LogP contribution is -2.34. The van der Waals surface area contributed by atoms with Crippen LogP contribution in [0.3, 0.4) is 0 Å². The van der Waals surface area contributed by atoms with Gasteiger partial charge in [0.1, 0.15) is 0 Å². The minimum absolute atomic E-state index is 0.225. The number of thiophene rings is 1. The maximum atomic E-state index is 12.2. The number of carbonyl (C=O) groups is 2. The quantitative estimate of drug-likeness (QED) is 0.534. The highest BCUT2D eigenvalue weighted by molar-refractivity contribution is 7.16. The van der Waals surface area contributed by atoms with Gasteiger partial charge in [-0.05, 0) is 49.2 Å². The molecule has 144 valence electrons. The molecule has 3 rings (SSSR count). The number of rotatable bonds is 8. The van der Waals surface area contributed by atoms with Crippen LogP contribution in [0.4, 0.5) is 0 Å². The molecule has 0 bridgehead atoms. The average Bonchev–Trinajstić information content (AvgIpc) is 3.25. The van der Waals surface area contributed by atoms with Crippen LogP contribution < -0.4 is 5.32 Å². The number of amides is 1. The Kier molecular flexibility index (Phi) is 6.88. The largest absolute Gasteiger partial charge is 0.465 e. The van der Waals surface area contributed by atoms with Crippen molar-refractivity contribution in [3.63, 3.8) is 0 Å². The average molecular weight is 407 g/mol. The van der Waals surface area contributed by atoms with Crippen LogP contribution in [0.5, 0.6) is 0 Å². The van der Waals surface area contributed by atoms with E-state index in [-0.39, 0.29) is 17.9 Å². The van der Waals surface area contributed by atoms with Crippen molar-refractivity contribution < 1.29 is 14.3 Å². The summed E-state index contributed by atoms with van der Waals surface area (Å²) in [5.74, 6) is -0.101. The van der Waals surface area contributed by atoms with Crippen LogP contribution in [0.25, 0.3) is 0 Å². The topological polar surface area (TPSA) is 58.6 Å². The molecule has 1 saturated heterocycles. The van der Waals surface area contributed by atoms with Gasteiger partial charge in [0.15, 0.2) is 0 Å². The number of nitrogens with zero attached hydrogens (tertiary/aromatic N) is 1. The van der Waals surface area contributed by atoms with Crippen molar-refractivity contribution in [2.24, 2.45) is 0 Å². The summed E-state index contributed by atoms with van der Waals surface area (Å²) < 4.78 is 5.46. The molecule has 1 amide bonds. The first-order chi connectivity index (χ1) is 13.1. The second-order valence-electron chi connectivity index (χ2n) is 6.57. The number of benzene rings is 1. The molecule has 27 heavy (non-hydrogen) atoms. The maximum absolute atomic E-state index is 12.2. The van der Waals surface area contributed by atoms with Gasteiger partial charge in [-0.25, -0.2) is 4.79 Å². The molecule has 0 unspecified atom stereocenters. The Balaban J connectivity index is 1.45. The lowest BCUT2D eigenvalue weighted by atomic mass is 10.1. The number of esters is 1. The molecule has 1 aromatic heterocycles. The van der Waals surface area contributed by atoms with Crippen molar-refractivity contribution in [3.05, 3.63) is 56.7 Å². The number of methoxy groups -OCH3 is 1. The first-order valence-electron chi connectivity index (χ1n) is 8.98. The lowest BCUT2D eigenvalue weighted by molar-refractivity contribution is -0.129. The number of carbonyl (C=O) groups excluding carboxylic acids is 2. The van der Waals surface area contributed by atoms with Gasteiger partial charge in [0.05, 0.1) is 23.6 Å². The van der Waals surface area contributed by atoms with Gasteiger partial charge in [-0.1, -0.05) is 23.7 Å². The summed E-state index contributed by atoms with van der Waals surface area (Å²) in [4.78, 5) is 26.8. The van der Waals surface area contributed by atoms with E-state index in [0.29, 0.717) is 18.5 Å². The smallest absolute Gasteiger partial charge is 0.337 e. The summed E-state index contributed by atoms with van der Waals surface area (Å²) >= 11 is 7.53. The van der Waals surface area contributed by atoms with Crippen molar-refractivity contribution in [2.45, 2.75) is 38.4 Å². The molecule has 7 heteroatoms. The number of nitrogens with one attached hydrogen (secondary N) is 1. The number of likely N-dealkylation sites (tertiary alicyclic amines) is 1. The van der Waals surface area contributed by atoms with Gasteiger partial charge in [-0.3, -0.25) is 4.79 Å². The van der Waals surface area contributed by atoms with Crippen molar-refractivity contribution in [2.75, 3.05) is 13.7 Å². The van der Waals surface area contributed by atoms with Gasteiger partial charge >= 0.3 is 5.97 Å². The Morgan fingerprint density at radius 3 is 2.74 bits per heavy atom. The van der Waals surface area contributed by atoms with E-state index in [1.54, 1.807) is 12.1 Å². The Morgan fingerprint density at radius 2 is 2.07 bits per heavy atom. The van der Waals surface area contributed by atoms with E-state index < -0.39 is 0 Å². The first-order valence-corrected chi connectivity index (χ1v) is 10.2. The van der Waals surface area contributed by atoms with Gasteiger partial charge in [0.2, 0.25) is 5.91 Å². The van der Waals surface area contributed by atoms with Gasteiger partial charge < -0.3 is 15.0 Å². The van der Waals surface area contributed by atoms with E-state index in [1.165, 1.54) is 18.4 Å². The second kappa shape index (κ2) is 9.35. The standard InChI is InChI=1S/C20H23ClN2O3S/c1-26-20(25)15-4-2-14(3-5-15)12-22-11-10-16-6-9-19(24)23(16)13-17-7-8-18(21)27-17/h2-5,7-8,16,22H,6,9-13H2,1H3/t16-/m0/s1. The van der Waals surface area contributed by atoms with E-state index in [1.807, 2.05) is 29.2 Å². The Morgan fingerprint density at radius 1 is 1.30 bits per heavy atom. The molecular formula is C20H23ClN2O3S. The molecule has 1 fully saturated rings. The summed E-state index contributed by atoms with van der Waals surface area (Å²) in [7, 11) is 1.38. The van der Waals surface area contributed by atoms with E-state index in [2.05, 4.69) is 5.32 Å². The minimum Gasteiger partial charge on any atom is -0.465 e. The van der Waals surface area contributed by atoms with Crippen molar-refractivity contribution in [1.29, 1.82) is 0 Å². The van der Waals surface area contributed by atoms with E-state index in [0.717, 1.165) is 40.7 Å². The third-order valence-electron chi connectivity index (χ3n) is 4.77. The zero-order valence-electron chi connectivity index (χ0n) is 15.2. The van der Waals surface area contributed by atoms with Gasteiger partial charge in [-0.15, -0.1) is 11.3 Å². The van der Waals surface area contributed by atoms with E-state index in [9.17, 15) is 9.59 Å². The van der Waals surface area contributed by atoms with Crippen LogP contribution in [-0.4, -0.2) is 36.5 Å². The SMILES string of the molecule is COC(=O)c1ccc(CNCC[C@@H]2CCC(=O)N2Cc2ccc(Cl)s2)cc1. The van der Waals surface area contributed by atoms with Crippen LogP contribution in [0, 0.1) is 0 Å². The van der Waals surface area contributed by atoms with Crippen molar-refractivity contribution in [3.8, 4) is 0 Å². The van der Waals surface area contributed by atoms with Gasteiger partial charge in [0.25, 0.3) is 0 Å². The number of halogens is 1. The predicted molar refractivity (Wildman–Crippen MR) is 107 cm³/mol. The Hall–Kier alpha value is -1.89. The molecule has 5 nitrogen and oxygen atoms in total. The number of hydrogen-bond acceptors (Lipinski definition) is 5. The van der Waals surface area contributed by atoms with Crippen LogP contribution in [-0.2, 0) is 22.6 Å². The molecule has 1 aliphatic rings. The van der Waals surface area contributed by atoms with Crippen molar-refractivity contribution in [1.82, 2.24) is 10.2 Å². The number of ether oxygens (including phenoxy) is 1. The fourth-order valence-electron chi connectivity index (χ4n) is 3.29. The monoisotopic (exact) mass is 406 g/mol. The number of hydrogen-bond donors (Lipinski definition) is 1. The molecule has 1 aliphatic heterocycles. The maximum Gasteiger partial charge on any atom is 0.337 e. The summed E-state index contributed by atoms with van der Waals surface area (Å²) in [5.41, 5.74) is 1.66. The summed E-state index contributed by atoms with van der Waals surface area (Å²) in [5, 5.41) is 3.42. The Bertz CT molecular complexity index is 791. The zero-order chi connectivity index (χ0) is 19.2. The molecule has 2 aromatic rings. The van der Waals surface area contributed by atoms with E-state index >= 15 is 0 Å². The van der Waals surface area contributed by atoms with Crippen LogP contribution in [0.1, 0.15) is 40.1 Å². The summed E-state index contributed by atoms with van der Waals surface area (Å²) in [6, 6.07) is 11.5. The van der Waals surface area contributed by atoms with Crippen molar-refractivity contribution >= 4 is 34.8 Å². The molecule has 0 radical (unpaired) electrons. The highest BCUT2D eigenvalue weighted by Crippen LogP contribution is 2.28. The van der Waals surface area contributed by atoms with Crippen LogP contribution >= 0.6 is 22.9 Å². The molecule has 1 N–H and O–H groups in total. The van der Waals surface area contributed by atoms with Crippen LogP contribution in [0.2, 0.25) is 4.34 Å². The minimum atomic E-state index is -0.326. The summed E-state index contributed by atoms with van der Waals surface area (Å²) in [6.45, 7) is 2.21. The predicted octanol–water partition coefficient (Wildman–Crippen LogP) is 3.86. The molecule has 0 aliphatic carbocycles. The van der Waals surface area contributed by atoms with E-state index in [4.69, 9.17) is 16.3 Å². The molecule has 2 heterocycles. The molecular weight excluding hydrogens is 384 g/mol. The summed E-state index contributed by atoms with van der Waals surface area (Å²) in [6.07, 6.45) is 2.46. The molecule has 0 saturated carbocycles. The fourth-order valence-corrected chi connectivity index (χ4v) is 4.38. The zero-order valence-corrected chi connectivity index (χ0v) is 16.8. The highest BCUT2D eigenvalue weighted by Gasteiger charge is 2.30. The van der Waals surface area contributed by atoms with Gasteiger partial charge in [0, 0.05) is 23.9 Å². The third kappa shape index (κ3) is 5.31. The fraction of sp³-hybridized carbons (Fsp3) is 0.400. The first kappa shape index (κ1) is 19.9. The van der Waals surface area contributed by atoms with Crippen LogP contribution in [0.15, 0.2) is 36.4 Å². The highest BCUT2D eigenvalue weighted by atomic mass is 35.5. The third-order valence-corrected chi connectivity index (χ3v) is 5.98. The van der Waals surface area contributed by atoms with Gasteiger partial charge in [-0.2, -0.15) is 0 Å². The molecule has 0 spiro atoms. The molecule has 1 aromatic carbocycles. The Labute approximate surface area is 168 Å². The second-order valence-corrected chi connectivity index (χ2v) is 8.37.